The van der Waals surface area contributed by atoms with Gasteiger partial charge in [0, 0.05) is 24.8 Å². The third-order valence-electron chi connectivity index (χ3n) is 3.30. The van der Waals surface area contributed by atoms with Crippen LogP contribution >= 0.6 is 0 Å². The zero-order valence-electron chi connectivity index (χ0n) is 11.7. The maximum Gasteiger partial charge on any atom is 0.226 e. The van der Waals surface area contributed by atoms with E-state index < -0.39 is 0 Å². The minimum atomic E-state index is 0.485. The number of anilines is 1. The first-order valence-electron chi connectivity index (χ1n) is 6.91. The fourth-order valence-corrected chi connectivity index (χ4v) is 2.08. The lowest BCUT2D eigenvalue weighted by molar-refractivity contribution is 0.565. The van der Waals surface area contributed by atoms with Gasteiger partial charge in [-0.3, -0.25) is 0 Å². The van der Waals surface area contributed by atoms with Crippen molar-refractivity contribution < 1.29 is 0 Å². The molecule has 0 saturated heterocycles. The Morgan fingerprint density at radius 1 is 1.39 bits per heavy atom. The highest BCUT2D eigenvalue weighted by Gasteiger charge is 2.30. The van der Waals surface area contributed by atoms with E-state index in [1.54, 1.807) is 0 Å². The smallest absolute Gasteiger partial charge is 0.226 e. The number of nitrogens with two attached hydrogens (primary N) is 1. The molecule has 0 spiro atoms. The molecule has 0 amide bonds. The molecule has 2 rings (SSSR count). The first kappa shape index (κ1) is 13.3. The Hall–Kier alpha value is -1.16. The van der Waals surface area contributed by atoms with Crippen LogP contribution in [0.2, 0.25) is 0 Å². The van der Waals surface area contributed by atoms with Crippen LogP contribution in [-0.4, -0.2) is 22.6 Å². The normalized spacial score (nSPS) is 15.2. The molecule has 2 N–H and O–H groups in total. The summed E-state index contributed by atoms with van der Waals surface area (Å²) < 4.78 is 0. The third-order valence-corrected chi connectivity index (χ3v) is 3.30. The molecule has 0 bridgehead atoms. The van der Waals surface area contributed by atoms with Gasteiger partial charge in [0.2, 0.25) is 5.95 Å². The highest BCUT2D eigenvalue weighted by Crippen LogP contribution is 2.30. The van der Waals surface area contributed by atoms with Gasteiger partial charge in [-0.15, -0.1) is 0 Å². The van der Waals surface area contributed by atoms with Crippen LogP contribution in [0, 0.1) is 12.8 Å². The van der Waals surface area contributed by atoms with Crippen LogP contribution in [0.3, 0.4) is 0 Å². The van der Waals surface area contributed by atoms with Crippen LogP contribution in [0.1, 0.15) is 44.5 Å². The Balaban J connectivity index is 2.16. The minimum Gasteiger partial charge on any atom is -0.338 e. The van der Waals surface area contributed by atoms with Crippen molar-refractivity contribution in [2.24, 2.45) is 11.7 Å². The van der Waals surface area contributed by atoms with Gasteiger partial charge in [-0.1, -0.05) is 13.8 Å². The third kappa shape index (κ3) is 3.42. The Morgan fingerprint density at radius 2 is 2.11 bits per heavy atom. The van der Waals surface area contributed by atoms with Crippen molar-refractivity contribution in [3.05, 3.63) is 17.5 Å². The second kappa shape index (κ2) is 5.65. The van der Waals surface area contributed by atoms with E-state index in [1.165, 1.54) is 19.3 Å². The van der Waals surface area contributed by atoms with E-state index in [0.29, 0.717) is 18.5 Å². The van der Waals surface area contributed by atoms with E-state index >= 15 is 0 Å². The van der Waals surface area contributed by atoms with E-state index in [-0.39, 0.29) is 0 Å². The molecule has 1 fully saturated rings. The van der Waals surface area contributed by atoms with Crippen molar-refractivity contribution in [3.8, 4) is 0 Å². The Morgan fingerprint density at radius 3 is 2.67 bits per heavy atom. The van der Waals surface area contributed by atoms with E-state index in [1.807, 2.05) is 13.0 Å². The summed E-state index contributed by atoms with van der Waals surface area (Å²) in [5.74, 6) is 1.59. The Labute approximate surface area is 110 Å². The van der Waals surface area contributed by atoms with E-state index in [0.717, 1.165) is 23.9 Å². The van der Waals surface area contributed by atoms with E-state index in [4.69, 9.17) is 5.73 Å². The number of rotatable bonds is 6. The molecule has 0 atom stereocenters. The fourth-order valence-electron chi connectivity index (χ4n) is 2.08. The topological polar surface area (TPSA) is 55.0 Å². The molecule has 1 aliphatic carbocycles. The molecule has 4 heteroatoms. The second-order valence-electron chi connectivity index (χ2n) is 5.61. The molecular formula is C14H24N4. The number of aryl methyl sites for hydroxylation is 1. The average Bonchev–Trinajstić information content (AvgIpc) is 3.12. The predicted molar refractivity (Wildman–Crippen MR) is 74.5 cm³/mol. The van der Waals surface area contributed by atoms with Crippen LogP contribution in [0.4, 0.5) is 5.95 Å². The maximum atomic E-state index is 5.69. The molecule has 18 heavy (non-hydrogen) atoms. The van der Waals surface area contributed by atoms with Gasteiger partial charge in [0.25, 0.3) is 0 Å². The fraction of sp³-hybridized carbons (Fsp3) is 0.714. The maximum absolute atomic E-state index is 5.69. The van der Waals surface area contributed by atoms with E-state index in [2.05, 4.69) is 28.7 Å². The van der Waals surface area contributed by atoms with Gasteiger partial charge in [-0.25, -0.2) is 9.97 Å². The van der Waals surface area contributed by atoms with Crippen LogP contribution in [0.5, 0.6) is 0 Å². The summed E-state index contributed by atoms with van der Waals surface area (Å²) in [5.41, 5.74) is 7.64. The first-order chi connectivity index (χ1) is 8.60. The summed E-state index contributed by atoms with van der Waals surface area (Å²) >= 11 is 0. The molecule has 100 valence electrons. The van der Waals surface area contributed by atoms with Crippen molar-refractivity contribution in [2.45, 2.75) is 52.6 Å². The molecule has 4 nitrogen and oxygen atoms in total. The van der Waals surface area contributed by atoms with Gasteiger partial charge in [0.15, 0.2) is 0 Å². The van der Waals surface area contributed by atoms with Gasteiger partial charge < -0.3 is 10.6 Å². The molecule has 1 aromatic rings. The lowest BCUT2D eigenvalue weighted by Crippen LogP contribution is -2.30. The summed E-state index contributed by atoms with van der Waals surface area (Å²) in [6, 6.07) is 2.62. The molecule has 0 radical (unpaired) electrons. The van der Waals surface area contributed by atoms with Crippen LogP contribution in [0.25, 0.3) is 0 Å². The van der Waals surface area contributed by atoms with Gasteiger partial charge in [0.05, 0.1) is 5.69 Å². The molecule has 0 aliphatic heterocycles. The number of aromatic nitrogens is 2. The summed E-state index contributed by atoms with van der Waals surface area (Å²) in [6.07, 6.45) is 3.73. The largest absolute Gasteiger partial charge is 0.338 e. The quantitative estimate of drug-likeness (QED) is 0.839. The van der Waals surface area contributed by atoms with Gasteiger partial charge >= 0.3 is 0 Å². The van der Waals surface area contributed by atoms with Crippen molar-refractivity contribution >= 4 is 5.95 Å². The number of hydrogen-bond acceptors (Lipinski definition) is 4. The monoisotopic (exact) mass is 248 g/mol. The highest BCUT2D eigenvalue weighted by atomic mass is 15.3. The van der Waals surface area contributed by atoms with Crippen molar-refractivity contribution in [3.63, 3.8) is 0 Å². The molecule has 1 aromatic heterocycles. The lowest BCUT2D eigenvalue weighted by Gasteiger charge is -2.24. The van der Waals surface area contributed by atoms with Crippen molar-refractivity contribution in [1.82, 2.24) is 9.97 Å². The van der Waals surface area contributed by atoms with Crippen molar-refractivity contribution in [1.29, 1.82) is 0 Å². The molecular weight excluding hydrogens is 224 g/mol. The first-order valence-corrected chi connectivity index (χ1v) is 6.91. The van der Waals surface area contributed by atoms with Crippen LogP contribution in [0.15, 0.2) is 6.07 Å². The Kier molecular flexibility index (Phi) is 4.17. The summed E-state index contributed by atoms with van der Waals surface area (Å²) in [5, 5.41) is 0. The van der Waals surface area contributed by atoms with Gasteiger partial charge in [0.1, 0.15) is 0 Å². The summed E-state index contributed by atoms with van der Waals surface area (Å²) in [6.45, 7) is 8.06. The summed E-state index contributed by atoms with van der Waals surface area (Å²) in [7, 11) is 0. The zero-order chi connectivity index (χ0) is 13.1. The predicted octanol–water partition coefficient (Wildman–Crippen LogP) is 2.26. The molecule has 1 saturated carbocycles. The highest BCUT2D eigenvalue weighted by molar-refractivity contribution is 5.36. The summed E-state index contributed by atoms with van der Waals surface area (Å²) in [4.78, 5) is 11.5. The van der Waals surface area contributed by atoms with Crippen LogP contribution < -0.4 is 10.6 Å². The minimum absolute atomic E-state index is 0.485. The SMILES string of the molecule is Cc1cc(CN)nc(N(CCC(C)C)C2CC2)n1. The number of nitrogens with zero attached hydrogens (tertiary/aromatic N) is 3. The van der Waals surface area contributed by atoms with Gasteiger partial charge in [-0.2, -0.15) is 0 Å². The van der Waals surface area contributed by atoms with Crippen molar-refractivity contribution in [2.75, 3.05) is 11.4 Å². The average molecular weight is 248 g/mol. The standard InChI is InChI=1S/C14H24N4/c1-10(2)6-7-18(13-4-5-13)14-16-11(3)8-12(9-15)17-14/h8,10,13H,4-7,9,15H2,1-3H3. The second-order valence-corrected chi connectivity index (χ2v) is 5.61. The van der Waals surface area contributed by atoms with Gasteiger partial charge in [-0.05, 0) is 38.2 Å². The molecule has 0 aromatic carbocycles. The van der Waals surface area contributed by atoms with Crippen LogP contribution in [-0.2, 0) is 6.54 Å². The molecule has 1 heterocycles. The number of hydrogen-bond donors (Lipinski definition) is 1. The lowest BCUT2D eigenvalue weighted by atomic mass is 10.1. The molecule has 0 unspecified atom stereocenters. The zero-order valence-corrected chi connectivity index (χ0v) is 11.7. The van der Waals surface area contributed by atoms with E-state index in [9.17, 15) is 0 Å². The molecule has 1 aliphatic rings. The Bertz CT molecular complexity index is 399.